The third-order valence-corrected chi connectivity index (χ3v) is 5.25. The fourth-order valence-corrected chi connectivity index (χ4v) is 3.78. The zero-order chi connectivity index (χ0) is 13.8. The minimum absolute atomic E-state index is 0.648. The van der Waals surface area contributed by atoms with Gasteiger partial charge in [0.2, 0.25) is 0 Å². The van der Waals surface area contributed by atoms with E-state index < -0.39 is 0 Å². The van der Waals surface area contributed by atoms with Gasteiger partial charge in [-0.3, -0.25) is 0 Å². The van der Waals surface area contributed by atoms with E-state index in [4.69, 9.17) is 9.47 Å². The Morgan fingerprint density at radius 3 is 3.00 bits per heavy atom. The molecule has 1 N–H and O–H groups in total. The fourth-order valence-electron chi connectivity index (χ4n) is 2.99. The van der Waals surface area contributed by atoms with Gasteiger partial charge in [0.15, 0.2) is 11.5 Å². The van der Waals surface area contributed by atoms with Gasteiger partial charge in [-0.05, 0) is 31.6 Å². The molecule has 2 atom stereocenters. The largest absolute Gasteiger partial charge is 0.490 e. The summed E-state index contributed by atoms with van der Waals surface area (Å²) in [6.45, 7) is 2.38. The molecule has 1 aromatic carbocycles. The second-order valence-electron chi connectivity index (χ2n) is 5.54. The van der Waals surface area contributed by atoms with Gasteiger partial charge >= 0.3 is 0 Å². The molecule has 1 aromatic rings. The molecule has 1 heterocycles. The normalized spacial score (nSPS) is 25.4. The summed E-state index contributed by atoms with van der Waals surface area (Å²) >= 11 is 2.00. The molecule has 1 aliphatic carbocycles. The Morgan fingerprint density at radius 2 is 2.15 bits per heavy atom. The van der Waals surface area contributed by atoms with Gasteiger partial charge in [0, 0.05) is 29.8 Å². The molecule has 0 bridgehead atoms. The summed E-state index contributed by atoms with van der Waals surface area (Å²) in [5, 5.41) is 4.52. The Hall–Kier alpha value is -0.870. The van der Waals surface area contributed by atoms with Crippen LogP contribution in [-0.4, -0.2) is 30.8 Å². The summed E-state index contributed by atoms with van der Waals surface area (Å²) in [4.78, 5) is 0. The van der Waals surface area contributed by atoms with Crippen LogP contribution in [0.3, 0.4) is 0 Å². The molecule has 3 rings (SSSR count). The molecule has 1 aliphatic heterocycles. The van der Waals surface area contributed by atoms with Crippen molar-refractivity contribution >= 4 is 11.8 Å². The van der Waals surface area contributed by atoms with E-state index in [0.29, 0.717) is 6.04 Å². The molecule has 110 valence electrons. The van der Waals surface area contributed by atoms with Crippen LogP contribution in [0.15, 0.2) is 18.2 Å². The lowest BCUT2D eigenvalue weighted by molar-refractivity contribution is 0.295. The van der Waals surface area contributed by atoms with Crippen molar-refractivity contribution < 1.29 is 9.47 Å². The molecular weight excluding hydrogens is 270 g/mol. The van der Waals surface area contributed by atoms with E-state index >= 15 is 0 Å². The van der Waals surface area contributed by atoms with E-state index in [1.54, 1.807) is 0 Å². The third-order valence-electron chi connectivity index (χ3n) is 4.15. The second-order valence-corrected chi connectivity index (χ2v) is 6.68. The smallest absolute Gasteiger partial charge is 0.165 e. The van der Waals surface area contributed by atoms with E-state index in [0.717, 1.165) is 42.9 Å². The zero-order valence-electron chi connectivity index (χ0n) is 12.1. The number of hydrogen-bond donors (Lipinski definition) is 1. The maximum atomic E-state index is 5.87. The van der Waals surface area contributed by atoms with Gasteiger partial charge in [0.05, 0.1) is 13.2 Å². The molecule has 0 aromatic heterocycles. The predicted octanol–water partition coefficient (Wildman–Crippen LogP) is 3.22. The van der Waals surface area contributed by atoms with E-state index in [1.165, 1.54) is 24.8 Å². The van der Waals surface area contributed by atoms with Crippen LogP contribution in [0.2, 0.25) is 0 Å². The molecule has 3 nitrogen and oxygen atoms in total. The Bertz CT molecular complexity index is 452. The number of hydrogen-bond acceptors (Lipinski definition) is 4. The number of para-hydroxylation sites is 1. The van der Waals surface area contributed by atoms with Crippen LogP contribution in [-0.2, 0) is 6.54 Å². The molecule has 0 saturated heterocycles. The van der Waals surface area contributed by atoms with Gasteiger partial charge in [-0.1, -0.05) is 12.1 Å². The van der Waals surface area contributed by atoms with Gasteiger partial charge in [0.25, 0.3) is 0 Å². The summed E-state index contributed by atoms with van der Waals surface area (Å²) < 4.78 is 11.6. The SMILES string of the molecule is CSC1CCC(NCc2cccc3c2OCCCO3)C1. The Morgan fingerprint density at radius 1 is 1.25 bits per heavy atom. The molecule has 0 spiro atoms. The van der Waals surface area contributed by atoms with Crippen LogP contribution < -0.4 is 14.8 Å². The Labute approximate surface area is 125 Å². The lowest BCUT2D eigenvalue weighted by Crippen LogP contribution is -2.26. The first-order valence-electron chi connectivity index (χ1n) is 7.50. The number of rotatable bonds is 4. The third kappa shape index (κ3) is 3.23. The van der Waals surface area contributed by atoms with Gasteiger partial charge in [0.1, 0.15) is 0 Å². The first-order valence-corrected chi connectivity index (χ1v) is 8.79. The average Bonchev–Trinajstić information content (AvgIpc) is 2.80. The highest BCUT2D eigenvalue weighted by molar-refractivity contribution is 7.99. The van der Waals surface area contributed by atoms with Crippen molar-refractivity contribution in [3.63, 3.8) is 0 Å². The van der Waals surface area contributed by atoms with E-state index in [9.17, 15) is 0 Å². The van der Waals surface area contributed by atoms with Crippen LogP contribution in [0.4, 0.5) is 0 Å². The minimum Gasteiger partial charge on any atom is -0.490 e. The van der Waals surface area contributed by atoms with Crippen LogP contribution in [0.1, 0.15) is 31.2 Å². The van der Waals surface area contributed by atoms with Crippen molar-refractivity contribution in [3.05, 3.63) is 23.8 Å². The fraction of sp³-hybridized carbons (Fsp3) is 0.625. The first kappa shape index (κ1) is 14.1. The van der Waals surface area contributed by atoms with Gasteiger partial charge in [-0.15, -0.1) is 0 Å². The van der Waals surface area contributed by atoms with E-state index in [1.807, 2.05) is 17.8 Å². The van der Waals surface area contributed by atoms with Crippen molar-refractivity contribution in [1.82, 2.24) is 5.32 Å². The zero-order valence-corrected chi connectivity index (χ0v) is 12.9. The van der Waals surface area contributed by atoms with Gasteiger partial charge in [-0.2, -0.15) is 11.8 Å². The lowest BCUT2D eigenvalue weighted by Gasteiger charge is -2.16. The van der Waals surface area contributed by atoms with Crippen molar-refractivity contribution in [2.45, 2.75) is 43.5 Å². The van der Waals surface area contributed by atoms with Crippen molar-refractivity contribution in [1.29, 1.82) is 0 Å². The van der Waals surface area contributed by atoms with E-state index in [-0.39, 0.29) is 0 Å². The molecule has 1 saturated carbocycles. The second kappa shape index (κ2) is 6.72. The summed E-state index contributed by atoms with van der Waals surface area (Å²) in [7, 11) is 0. The highest BCUT2D eigenvalue weighted by atomic mass is 32.2. The molecule has 2 unspecified atom stereocenters. The van der Waals surface area contributed by atoms with E-state index in [2.05, 4.69) is 23.7 Å². The molecule has 4 heteroatoms. The minimum atomic E-state index is 0.648. The lowest BCUT2D eigenvalue weighted by atomic mass is 10.1. The van der Waals surface area contributed by atoms with Crippen molar-refractivity contribution in [2.24, 2.45) is 0 Å². The summed E-state index contributed by atoms with van der Waals surface area (Å²) in [6, 6.07) is 6.85. The number of fused-ring (bicyclic) bond motifs is 1. The molecule has 20 heavy (non-hydrogen) atoms. The molecule has 2 aliphatic rings. The quantitative estimate of drug-likeness (QED) is 0.923. The Kier molecular flexibility index (Phi) is 4.73. The van der Waals surface area contributed by atoms with Crippen LogP contribution in [0.25, 0.3) is 0 Å². The van der Waals surface area contributed by atoms with Crippen LogP contribution >= 0.6 is 11.8 Å². The number of thioether (sulfide) groups is 1. The standard InChI is InChI=1S/C16H23NO2S/c1-20-14-7-6-13(10-14)17-11-12-4-2-5-15-16(12)19-9-3-8-18-15/h2,4-5,13-14,17H,3,6-11H2,1H3. The maximum absolute atomic E-state index is 5.87. The van der Waals surface area contributed by atoms with Crippen molar-refractivity contribution in [2.75, 3.05) is 19.5 Å². The summed E-state index contributed by atoms with van der Waals surface area (Å²) in [5.74, 6) is 1.84. The summed E-state index contributed by atoms with van der Waals surface area (Å²) in [6.07, 6.45) is 7.09. The monoisotopic (exact) mass is 293 g/mol. The number of nitrogens with one attached hydrogen (secondary N) is 1. The molecular formula is C16H23NO2S. The van der Waals surface area contributed by atoms with Crippen molar-refractivity contribution in [3.8, 4) is 11.5 Å². The highest BCUT2D eigenvalue weighted by Gasteiger charge is 2.24. The average molecular weight is 293 g/mol. The topological polar surface area (TPSA) is 30.5 Å². The summed E-state index contributed by atoms with van der Waals surface area (Å²) in [5.41, 5.74) is 1.22. The molecule has 0 amide bonds. The maximum Gasteiger partial charge on any atom is 0.165 e. The predicted molar refractivity (Wildman–Crippen MR) is 83.8 cm³/mol. The van der Waals surface area contributed by atoms with Gasteiger partial charge < -0.3 is 14.8 Å². The van der Waals surface area contributed by atoms with Gasteiger partial charge in [-0.25, -0.2) is 0 Å². The first-order chi connectivity index (χ1) is 9.86. The molecule has 1 fully saturated rings. The Balaban J connectivity index is 1.63. The van der Waals surface area contributed by atoms with Crippen LogP contribution in [0, 0.1) is 0 Å². The highest BCUT2D eigenvalue weighted by Crippen LogP contribution is 2.34. The van der Waals surface area contributed by atoms with Crippen LogP contribution in [0.5, 0.6) is 11.5 Å². The number of benzene rings is 1. The number of ether oxygens (including phenoxy) is 2. The molecule has 0 radical (unpaired) electrons.